The molecule has 0 spiro atoms. The van der Waals surface area contributed by atoms with Gasteiger partial charge in [-0.3, -0.25) is 0 Å². The summed E-state index contributed by atoms with van der Waals surface area (Å²) >= 11 is 5.64. The number of nitrogens with zero attached hydrogens (tertiary/aromatic N) is 3. The molecule has 1 fully saturated rings. The van der Waals surface area contributed by atoms with Crippen LogP contribution in [0.15, 0.2) is 12.3 Å². The van der Waals surface area contributed by atoms with E-state index in [2.05, 4.69) is 14.9 Å². The molecule has 0 amide bonds. The predicted octanol–water partition coefficient (Wildman–Crippen LogP) is 0.558. The molecule has 5 heteroatoms. The Hall–Kier alpha value is -0.870. The van der Waals surface area contributed by atoms with E-state index in [-0.39, 0.29) is 11.9 Å². The largest absolute Gasteiger partial charge is 0.396 e. The molecule has 0 atom stereocenters. The van der Waals surface area contributed by atoms with Gasteiger partial charge in [0, 0.05) is 31.8 Å². The zero-order valence-electron chi connectivity index (χ0n) is 7.02. The van der Waals surface area contributed by atoms with Gasteiger partial charge >= 0.3 is 0 Å². The SMILES string of the molecule is OCC1CN(c2ccnc(Cl)n2)C1. The number of aliphatic hydroxyl groups is 1. The normalized spacial score (nSPS) is 17.2. The van der Waals surface area contributed by atoms with Crippen LogP contribution in [0, 0.1) is 5.92 Å². The summed E-state index contributed by atoms with van der Waals surface area (Å²) in [5.41, 5.74) is 0. The Morgan fingerprint density at radius 2 is 2.38 bits per heavy atom. The third-order valence-corrected chi connectivity index (χ3v) is 2.33. The lowest BCUT2D eigenvalue weighted by atomic mass is 10.0. The smallest absolute Gasteiger partial charge is 0.224 e. The van der Waals surface area contributed by atoms with E-state index in [1.807, 2.05) is 6.07 Å². The van der Waals surface area contributed by atoms with Crippen molar-refractivity contribution in [3.63, 3.8) is 0 Å². The molecule has 0 aromatic carbocycles. The molecule has 1 N–H and O–H groups in total. The van der Waals surface area contributed by atoms with Crippen molar-refractivity contribution < 1.29 is 5.11 Å². The van der Waals surface area contributed by atoms with Crippen molar-refractivity contribution in [2.45, 2.75) is 0 Å². The highest BCUT2D eigenvalue weighted by Crippen LogP contribution is 2.22. The highest BCUT2D eigenvalue weighted by atomic mass is 35.5. The molecule has 1 aliphatic rings. The summed E-state index contributed by atoms with van der Waals surface area (Å²) in [4.78, 5) is 9.92. The molecular formula is C8H10ClN3O. The van der Waals surface area contributed by atoms with Gasteiger partial charge in [0.2, 0.25) is 5.28 Å². The number of halogens is 1. The first kappa shape index (κ1) is 8.72. The van der Waals surface area contributed by atoms with Crippen molar-refractivity contribution in [2.75, 3.05) is 24.6 Å². The van der Waals surface area contributed by atoms with Crippen molar-refractivity contribution in [2.24, 2.45) is 5.92 Å². The Morgan fingerprint density at radius 1 is 1.62 bits per heavy atom. The van der Waals surface area contributed by atoms with E-state index >= 15 is 0 Å². The first-order valence-corrected chi connectivity index (χ1v) is 4.52. The van der Waals surface area contributed by atoms with Crippen LogP contribution >= 0.6 is 11.6 Å². The molecule has 70 valence electrons. The second kappa shape index (κ2) is 3.47. The second-order valence-electron chi connectivity index (χ2n) is 3.14. The Balaban J connectivity index is 2.03. The van der Waals surface area contributed by atoms with E-state index in [0.29, 0.717) is 5.92 Å². The minimum Gasteiger partial charge on any atom is -0.396 e. The molecule has 0 saturated carbocycles. The standard InChI is InChI=1S/C8H10ClN3O/c9-8-10-2-1-7(11-8)12-3-6(4-12)5-13/h1-2,6,13H,3-5H2. The maximum Gasteiger partial charge on any atom is 0.224 e. The number of aliphatic hydroxyl groups excluding tert-OH is 1. The Morgan fingerprint density at radius 3 is 3.00 bits per heavy atom. The highest BCUT2D eigenvalue weighted by molar-refractivity contribution is 6.28. The first-order valence-electron chi connectivity index (χ1n) is 4.14. The van der Waals surface area contributed by atoms with E-state index < -0.39 is 0 Å². The summed E-state index contributed by atoms with van der Waals surface area (Å²) in [7, 11) is 0. The van der Waals surface area contributed by atoms with Crippen molar-refractivity contribution in [3.05, 3.63) is 17.5 Å². The number of hydrogen-bond donors (Lipinski definition) is 1. The van der Waals surface area contributed by atoms with Crippen molar-refractivity contribution in [1.29, 1.82) is 0 Å². The lowest BCUT2D eigenvalue weighted by molar-refractivity contribution is 0.200. The third-order valence-electron chi connectivity index (χ3n) is 2.15. The van der Waals surface area contributed by atoms with Crippen LogP contribution in [0.4, 0.5) is 5.82 Å². The summed E-state index contributed by atoms with van der Waals surface area (Å²) in [6, 6.07) is 1.82. The molecule has 0 bridgehead atoms. The second-order valence-corrected chi connectivity index (χ2v) is 3.48. The molecule has 2 rings (SSSR count). The van der Waals surface area contributed by atoms with Gasteiger partial charge in [-0.05, 0) is 17.7 Å². The van der Waals surface area contributed by atoms with E-state index in [0.717, 1.165) is 18.9 Å². The number of aromatic nitrogens is 2. The average Bonchev–Trinajstić information content (AvgIpc) is 2.02. The molecule has 1 aromatic heterocycles. The maximum absolute atomic E-state index is 8.82. The Labute approximate surface area is 81.2 Å². The lowest BCUT2D eigenvalue weighted by Gasteiger charge is -2.39. The van der Waals surface area contributed by atoms with Crippen LogP contribution in [0.1, 0.15) is 0 Å². The Bertz CT molecular complexity index is 301. The van der Waals surface area contributed by atoms with Gasteiger partial charge in [0.1, 0.15) is 5.82 Å². The number of anilines is 1. The van der Waals surface area contributed by atoms with Crippen LogP contribution in [0.2, 0.25) is 5.28 Å². The van der Waals surface area contributed by atoms with Gasteiger partial charge in [0.25, 0.3) is 0 Å². The fourth-order valence-corrected chi connectivity index (χ4v) is 1.52. The van der Waals surface area contributed by atoms with Gasteiger partial charge < -0.3 is 10.0 Å². The molecule has 1 aliphatic heterocycles. The van der Waals surface area contributed by atoms with E-state index in [1.54, 1.807) is 6.20 Å². The molecule has 1 saturated heterocycles. The quantitative estimate of drug-likeness (QED) is 0.708. The van der Waals surface area contributed by atoms with Crippen molar-refractivity contribution >= 4 is 17.4 Å². The molecule has 0 radical (unpaired) electrons. The van der Waals surface area contributed by atoms with Crippen LogP contribution in [0.3, 0.4) is 0 Å². The van der Waals surface area contributed by atoms with Crippen LogP contribution < -0.4 is 4.90 Å². The molecule has 13 heavy (non-hydrogen) atoms. The zero-order valence-corrected chi connectivity index (χ0v) is 7.78. The van der Waals surface area contributed by atoms with Gasteiger partial charge in [-0.25, -0.2) is 9.97 Å². The van der Waals surface area contributed by atoms with Gasteiger partial charge in [-0.1, -0.05) is 0 Å². The number of hydrogen-bond acceptors (Lipinski definition) is 4. The average molecular weight is 200 g/mol. The van der Waals surface area contributed by atoms with Crippen LogP contribution in [0.25, 0.3) is 0 Å². The summed E-state index contributed by atoms with van der Waals surface area (Å²) < 4.78 is 0. The van der Waals surface area contributed by atoms with Crippen LogP contribution in [-0.4, -0.2) is 34.8 Å². The zero-order chi connectivity index (χ0) is 9.26. The van der Waals surface area contributed by atoms with Crippen molar-refractivity contribution in [1.82, 2.24) is 9.97 Å². The molecule has 0 unspecified atom stereocenters. The summed E-state index contributed by atoms with van der Waals surface area (Å²) in [6.07, 6.45) is 1.64. The van der Waals surface area contributed by atoms with Crippen LogP contribution in [-0.2, 0) is 0 Å². The lowest BCUT2D eigenvalue weighted by Crippen LogP contribution is -2.48. The minimum atomic E-state index is 0.245. The summed E-state index contributed by atoms with van der Waals surface area (Å²) in [5.74, 6) is 1.22. The topological polar surface area (TPSA) is 49.2 Å². The minimum absolute atomic E-state index is 0.245. The molecule has 2 heterocycles. The monoisotopic (exact) mass is 199 g/mol. The van der Waals surface area contributed by atoms with Gasteiger partial charge in [-0.15, -0.1) is 0 Å². The van der Waals surface area contributed by atoms with Crippen LogP contribution in [0.5, 0.6) is 0 Å². The summed E-state index contributed by atoms with van der Waals surface area (Å²) in [6.45, 7) is 1.95. The van der Waals surface area contributed by atoms with Gasteiger partial charge in [0.15, 0.2) is 0 Å². The predicted molar refractivity (Wildman–Crippen MR) is 49.8 cm³/mol. The third kappa shape index (κ3) is 1.73. The molecule has 1 aromatic rings. The molecule has 4 nitrogen and oxygen atoms in total. The Kier molecular flexibility index (Phi) is 2.33. The van der Waals surface area contributed by atoms with Gasteiger partial charge in [-0.2, -0.15) is 0 Å². The van der Waals surface area contributed by atoms with E-state index in [4.69, 9.17) is 16.7 Å². The fourth-order valence-electron chi connectivity index (χ4n) is 1.37. The fraction of sp³-hybridized carbons (Fsp3) is 0.500. The molecular weight excluding hydrogens is 190 g/mol. The first-order chi connectivity index (χ1) is 6.29. The van der Waals surface area contributed by atoms with E-state index in [9.17, 15) is 0 Å². The maximum atomic E-state index is 8.82. The summed E-state index contributed by atoms with van der Waals surface area (Å²) in [5, 5.41) is 9.09. The highest BCUT2D eigenvalue weighted by Gasteiger charge is 2.26. The number of rotatable bonds is 2. The van der Waals surface area contributed by atoms with Gasteiger partial charge in [0.05, 0.1) is 0 Å². The molecule has 0 aliphatic carbocycles. The van der Waals surface area contributed by atoms with E-state index in [1.165, 1.54) is 0 Å². The van der Waals surface area contributed by atoms with Crippen molar-refractivity contribution in [3.8, 4) is 0 Å².